The average molecular weight is 251 g/mol. The summed E-state index contributed by atoms with van der Waals surface area (Å²) in [6, 6.07) is 2.03. The zero-order chi connectivity index (χ0) is 13.8. The minimum absolute atomic E-state index is 0.131. The molecule has 17 heavy (non-hydrogen) atoms. The minimum atomic E-state index is -4.71. The van der Waals surface area contributed by atoms with Gasteiger partial charge in [0.05, 0.1) is 11.3 Å². The SMILES string of the molecule is CC.CC(C)c1cc(N)c(F)c(C(F)(F)F)c1. The van der Waals surface area contributed by atoms with Crippen LogP contribution in [0.3, 0.4) is 0 Å². The Bertz CT molecular complexity index is 370. The predicted molar refractivity (Wildman–Crippen MR) is 61.3 cm³/mol. The molecule has 0 radical (unpaired) electrons. The van der Waals surface area contributed by atoms with Crippen LogP contribution in [0.1, 0.15) is 44.7 Å². The van der Waals surface area contributed by atoms with E-state index in [0.717, 1.165) is 6.07 Å². The maximum Gasteiger partial charge on any atom is 0.419 e. The summed E-state index contributed by atoms with van der Waals surface area (Å²) in [4.78, 5) is 0. The van der Waals surface area contributed by atoms with Crippen LogP contribution >= 0.6 is 0 Å². The molecule has 0 fully saturated rings. The number of benzene rings is 1. The molecule has 0 atom stereocenters. The molecule has 1 aromatic carbocycles. The Hall–Kier alpha value is -1.26. The summed E-state index contributed by atoms with van der Waals surface area (Å²) in [6.07, 6.45) is -4.71. The molecule has 0 saturated carbocycles. The third kappa shape index (κ3) is 3.91. The molecule has 0 aliphatic rings. The summed E-state index contributed by atoms with van der Waals surface area (Å²) in [5.41, 5.74) is 3.79. The Morgan fingerprint density at radius 2 is 1.59 bits per heavy atom. The molecule has 0 aliphatic heterocycles. The Morgan fingerprint density at radius 3 is 1.94 bits per heavy atom. The van der Waals surface area contributed by atoms with Crippen molar-refractivity contribution in [1.29, 1.82) is 0 Å². The van der Waals surface area contributed by atoms with E-state index in [1.165, 1.54) is 6.07 Å². The minimum Gasteiger partial charge on any atom is -0.396 e. The van der Waals surface area contributed by atoms with Gasteiger partial charge in [0.1, 0.15) is 0 Å². The predicted octanol–water partition coefficient (Wildman–Crippen LogP) is 4.58. The third-order valence-corrected chi connectivity index (χ3v) is 2.10. The molecule has 0 aromatic heterocycles. The zero-order valence-electron chi connectivity index (χ0n) is 10.3. The maximum atomic E-state index is 13.1. The maximum absolute atomic E-state index is 13.1. The summed E-state index contributed by atoms with van der Waals surface area (Å²) in [5, 5.41) is 0. The van der Waals surface area contributed by atoms with Crippen LogP contribution in [-0.4, -0.2) is 0 Å². The molecule has 0 saturated heterocycles. The van der Waals surface area contributed by atoms with Crippen LogP contribution in [0.4, 0.5) is 23.2 Å². The molecule has 0 amide bonds. The lowest BCUT2D eigenvalue weighted by atomic mass is 9.99. The second-order valence-corrected chi connectivity index (χ2v) is 3.62. The van der Waals surface area contributed by atoms with Gasteiger partial charge in [-0.3, -0.25) is 0 Å². The Labute approximate surface area is 98.6 Å². The van der Waals surface area contributed by atoms with E-state index in [9.17, 15) is 17.6 Å². The van der Waals surface area contributed by atoms with Gasteiger partial charge >= 0.3 is 6.18 Å². The largest absolute Gasteiger partial charge is 0.419 e. The van der Waals surface area contributed by atoms with E-state index in [1.807, 2.05) is 13.8 Å². The van der Waals surface area contributed by atoms with Crippen molar-refractivity contribution in [2.45, 2.75) is 39.8 Å². The van der Waals surface area contributed by atoms with Crippen LogP contribution in [0.15, 0.2) is 12.1 Å². The van der Waals surface area contributed by atoms with E-state index in [2.05, 4.69) is 0 Å². The lowest BCUT2D eigenvalue weighted by Crippen LogP contribution is -2.11. The molecule has 2 N–H and O–H groups in total. The summed E-state index contributed by atoms with van der Waals surface area (Å²) in [5.74, 6) is -1.53. The van der Waals surface area contributed by atoms with Gasteiger partial charge < -0.3 is 5.73 Å². The Balaban J connectivity index is 0.00000121. The van der Waals surface area contributed by atoms with Gasteiger partial charge in [0.25, 0.3) is 0 Å². The number of rotatable bonds is 1. The first-order valence-electron chi connectivity index (χ1n) is 5.39. The number of alkyl halides is 3. The molecular weight excluding hydrogens is 234 g/mol. The molecule has 1 rings (SSSR count). The normalized spacial score (nSPS) is 11.1. The third-order valence-electron chi connectivity index (χ3n) is 2.10. The van der Waals surface area contributed by atoms with Gasteiger partial charge in [-0.2, -0.15) is 13.2 Å². The fourth-order valence-corrected chi connectivity index (χ4v) is 1.21. The van der Waals surface area contributed by atoms with E-state index >= 15 is 0 Å². The highest BCUT2D eigenvalue weighted by atomic mass is 19.4. The van der Waals surface area contributed by atoms with Crippen LogP contribution in [-0.2, 0) is 6.18 Å². The van der Waals surface area contributed by atoms with Crippen LogP contribution in [0.2, 0.25) is 0 Å². The topological polar surface area (TPSA) is 26.0 Å². The van der Waals surface area contributed by atoms with Gasteiger partial charge in [-0.25, -0.2) is 4.39 Å². The van der Waals surface area contributed by atoms with Crippen LogP contribution < -0.4 is 5.73 Å². The second kappa shape index (κ2) is 5.89. The van der Waals surface area contributed by atoms with Crippen molar-refractivity contribution >= 4 is 5.69 Å². The quantitative estimate of drug-likeness (QED) is 0.574. The monoisotopic (exact) mass is 251 g/mol. The molecule has 0 aliphatic carbocycles. The molecule has 1 aromatic rings. The summed E-state index contributed by atoms with van der Waals surface area (Å²) >= 11 is 0. The van der Waals surface area contributed by atoms with E-state index in [0.29, 0.717) is 5.56 Å². The number of hydrogen-bond acceptors (Lipinski definition) is 1. The molecule has 0 heterocycles. The molecular formula is C12H17F4N. The molecule has 1 nitrogen and oxygen atoms in total. The van der Waals surface area contributed by atoms with Crippen molar-refractivity contribution < 1.29 is 17.6 Å². The summed E-state index contributed by atoms with van der Waals surface area (Å²) in [7, 11) is 0. The van der Waals surface area contributed by atoms with E-state index in [-0.39, 0.29) is 5.92 Å². The molecule has 98 valence electrons. The molecule has 0 unspecified atom stereocenters. The molecule has 0 bridgehead atoms. The fraction of sp³-hybridized carbons (Fsp3) is 0.500. The number of hydrogen-bond donors (Lipinski definition) is 1. The highest BCUT2D eigenvalue weighted by molar-refractivity contribution is 5.48. The van der Waals surface area contributed by atoms with Gasteiger partial charge in [0.15, 0.2) is 5.82 Å². The van der Waals surface area contributed by atoms with E-state index < -0.39 is 23.2 Å². The van der Waals surface area contributed by atoms with Gasteiger partial charge in [0.2, 0.25) is 0 Å². The van der Waals surface area contributed by atoms with Crippen molar-refractivity contribution in [3.05, 3.63) is 29.1 Å². The summed E-state index contributed by atoms with van der Waals surface area (Å²) in [6.45, 7) is 7.43. The van der Waals surface area contributed by atoms with Gasteiger partial charge in [0, 0.05) is 0 Å². The summed E-state index contributed by atoms with van der Waals surface area (Å²) < 4.78 is 50.2. The smallest absolute Gasteiger partial charge is 0.396 e. The van der Waals surface area contributed by atoms with Crippen molar-refractivity contribution in [3.8, 4) is 0 Å². The molecule has 5 heteroatoms. The van der Waals surface area contributed by atoms with Gasteiger partial charge in [-0.1, -0.05) is 27.7 Å². The van der Waals surface area contributed by atoms with Crippen molar-refractivity contribution in [2.24, 2.45) is 0 Å². The standard InChI is InChI=1S/C10H11F4N.C2H6/c1-5(2)6-3-7(10(12,13)14)9(11)8(15)4-6;1-2/h3-5H,15H2,1-2H3;1-2H3. The number of halogens is 4. The average Bonchev–Trinajstić information content (AvgIpc) is 2.22. The second-order valence-electron chi connectivity index (χ2n) is 3.62. The Morgan fingerprint density at radius 1 is 1.12 bits per heavy atom. The fourth-order valence-electron chi connectivity index (χ4n) is 1.21. The first kappa shape index (κ1) is 15.7. The highest BCUT2D eigenvalue weighted by Crippen LogP contribution is 2.35. The first-order chi connectivity index (χ1) is 7.73. The van der Waals surface area contributed by atoms with Crippen LogP contribution in [0, 0.1) is 5.82 Å². The van der Waals surface area contributed by atoms with Crippen molar-refractivity contribution in [3.63, 3.8) is 0 Å². The van der Waals surface area contributed by atoms with E-state index in [4.69, 9.17) is 5.73 Å². The van der Waals surface area contributed by atoms with Gasteiger partial charge in [-0.05, 0) is 23.6 Å². The molecule has 0 spiro atoms. The lowest BCUT2D eigenvalue weighted by molar-refractivity contribution is -0.139. The van der Waals surface area contributed by atoms with Crippen molar-refractivity contribution in [1.82, 2.24) is 0 Å². The Kier molecular flexibility index (Phi) is 5.45. The number of nitrogen functional groups attached to an aromatic ring is 1. The number of anilines is 1. The van der Waals surface area contributed by atoms with Crippen LogP contribution in [0.25, 0.3) is 0 Å². The van der Waals surface area contributed by atoms with Gasteiger partial charge in [-0.15, -0.1) is 0 Å². The highest BCUT2D eigenvalue weighted by Gasteiger charge is 2.35. The zero-order valence-corrected chi connectivity index (χ0v) is 10.3. The van der Waals surface area contributed by atoms with E-state index in [1.54, 1.807) is 13.8 Å². The van der Waals surface area contributed by atoms with Crippen molar-refractivity contribution in [2.75, 3.05) is 5.73 Å². The first-order valence-corrected chi connectivity index (χ1v) is 5.39. The van der Waals surface area contributed by atoms with Crippen LogP contribution in [0.5, 0.6) is 0 Å². The lowest BCUT2D eigenvalue weighted by Gasteiger charge is -2.13. The number of nitrogens with two attached hydrogens (primary N) is 1.